The number of aromatic nitrogens is 2. The van der Waals surface area contributed by atoms with Gasteiger partial charge in [-0.15, -0.1) is 0 Å². The molecular formula is C15H21N3S. The first kappa shape index (κ1) is 14.2. The molecule has 0 fully saturated rings. The van der Waals surface area contributed by atoms with Crippen LogP contribution in [-0.2, 0) is 6.54 Å². The van der Waals surface area contributed by atoms with E-state index in [1.807, 2.05) is 30.5 Å². The van der Waals surface area contributed by atoms with Gasteiger partial charge in [-0.05, 0) is 24.3 Å². The van der Waals surface area contributed by atoms with Crippen molar-refractivity contribution in [1.29, 1.82) is 0 Å². The molecule has 1 N–H and O–H groups in total. The Bertz CT molecular complexity index is 482. The first-order valence-corrected chi connectivity index (χ1v) is 7.84. The van der Waals surface area contributed by atoms with Crippen molar-refractivity contribution in [2.45, 2.75) is 26.4 Å². The van der Waals surface area contributed by atoms with Crippen LogP contribution in [-0.4, -0.2) is 27.1 Å². The fourth-order valence-electron chi connectivity index (χ4n) is 1.95. The lowest BCUT2D eigenvalue weighted by atomic mass is 10.1. The van der Waals surface area contributed by atoms with Gasteiger partial charge >= 0.3 is 0 Å². The molecular weight excluding hydrogens is 254 g/mol. The van der Waals surface area contributed by atoms with Crippen LogP contribution in [0.15, 0.2) is 43.0 Å². The number of para-hydroxylation sites is 1. The zero-order chi connectivity index (χ0) is 13.5. The summed E-state index contributed by atoms with van der Waals surface area (Å²) in [5.74, 6) is 2.33. The first-order chi connectivity index (χ1) is 9.31. The van der Waals surface area contributed by atoms with Crippen molar-refractivity contribution >= 4 is 11.8 Å². The van der Waals surface area contributed by atoms with Gasteiger partial charge in [-0.25, -0.2) is 4.98 Å². The van der Waals surface area contributed by atoms with Gasteiger partial charge in [-0.3, -0.25) is 0 Å². The molecule has 0 radical (unpaired) electrons. The van der Waals surface area contributed by atoms with Crippen LogP contribution >= 0.6 is 11.8 Å². The Labute approximate surface area is 119 Å². The summed E-state index contributed by atoms with van der Waals surface area (Å²) in [4.78, 5) is 4.11. The Balaban J connectivity index is 2.01. The van der Waals surface area contributed by atoms with Gasteiger partial charge in [0, 0.05) is 30.7 Å². The van der Waals surface area contributed by atoms with Gasteiger partial charge in [0.05, 0.1) is 12.0 Å². The highest BCUT2D eigenvalue weighted by Crippen LogP contribution is 2.14. The number of nitrogens with zero attached hydrogens (tertiary/aromatic N) is 2. The van der Waals surface area contributed by atoms with Crippen LogP contribution in [0.2, 0.25) is 0 Å². The number of benzene rings is 1. The van der Waals surface area contributed by atoms with E-state index in [0.29, 0.717) is 6.04 Å². The summed E-state index contributed by atoms with van der Waals surface area (Å²) in [6.45, 7) is 5.33. The Morgan fingerprint density at radius 1 is 1.37 bits per heavy atom. The standard InChI is InChI=1S/C15H21N3S/c1-3-19-11-13(2)17-10-14-6-4-5-7-15(14)18-9-8-16-12-18/h4-9,12-13,17H,3,10-11H2,1-2H3/t13-/m1/s1. The Hall–Kier alpha value is -1.26. The lowest BCUT2D eigenvalue weighted by Gasteiger charge is -2.15. The number of imidazole rings is 1. The number of hydrogen-bond acceptors (Lipinski definition) is 3. The molecule has 2 aromatic rings. The molecule has 0 spiro atoms. The van der Waals surface area contributed by atoms with Crippen molar-refractivity contribution in [2.75, 3.05) is 11.5 Å². The topological polar surface area (TPSA) is 29.9 Å². The molecule has 0 unspecified atom stereocenters. The van der Waals surface area contributed by atoms with Gasteiger partial charge in [-0.1, -0.05) is 25.1 Å². The van der Waals surface area contributed by atoms with Gasteiger partial charge in [0.25, 0.3) is 0 Å². The second-order valence-electron chi connectivity index (χ2n) is 4.54. The zero-order valence-electron chi connectivity index (χ0n) is 11.5. The van der Waals surface area contributed by atoms with Crippen molar-refractivity contribution in [1.82, 2.24) is 14.9 Å². The van der Waals surface area contributed by atoms with Crippen molar-refractivity contribution in [3.8, 4) is 5.69 Å². The van der Waals surface area contributed by atoms with Crippen LogP contribution in [0.25, 0.3) is 5.69 Å². The molecule has 2 rings (SSSR count). The quantitative estimate of drug-likeness (QED) is 0.842. The smallest absolute Gasteiger partial charge is 0.0991 e. The SMILES string of the molecule is CCSC[C@@H](C)NCc1ccccc1-n1ccnc1. The molecule has 1 aromatic carbocycles. The van der Waals surface area contributed by atoms with Gasteiger partial charge in [0.1, 0.15) is 0 Å². The number of rotatable bonds is 7. The van der Waals surface area contributed by atoms with E-state index in [2.05, 4.69) is 53.0 Å². The highest BCUT2D eigenvalue weighted by molar-refractivity contribution is 7.99. The van der Waals surface area contributed by atoms with E-state index in [1.165, 1.54) is 17.0 Å². The van der Waals surface area contributed by atoms with Crippen LogP contribution in [0.3, 0.4) is 0 Å². The average Bonchev–Trinajstić information content (AvgIpc) is 2.97. The van der Waals surface area contributed by atoms with Crippen LogP contribution in [0.5, 0.6) is 0 Å². The number of thioether (sulfide) groups is 1. The van der Waals surface area contributed by atoms with E-state index in [0.717, 1.165) is 12.3 Å². The van der Waals surface area contributed by atoms with Crippen LogP contribution in [0.4, 0.5) is 0 Å². The van der Waals surface area contributed by atoms with Crippen molar-refractivity contribution in [3.63, 3.8) is 0 Å². The normalized spacial score (nSPS) is 12.5. The van der Waals surface area contributed by atoms with E-state index >= 15 is 0 Å². The molecule has 0 aliphatic rings. The molecule has 19 heavy (non-hydrogen) atoms. The van der Waals surface area contributed by atoms with Gasteiger partial charge in [0.15, 0.2) is 0 Å². The summed E-state index contributed by atoms with van der Waals surface area (Å²) in [7, 11) is 0. The summed E-state index contributed by atoms with van der Waals surface area (Å²) in [6, 6.07) is 8.98. The largest absolute Gasteiger partial charge is 0.309 e. The Morgan fingerprint density at radius 3 is 2.95 bits per heavy atom. The van der Waals surface area contributed by atoms with E-state index < -0.39 is 0 Å². The maximum Gasteiger partial charge on any atom is 0.0991 e. The molecule has 1 heterocycles. The average molecular weight is 275 g/mol. The van der Waals surface area contributed by atoms with Crippen LogP contribution < -0.4 is 5.32 Å². The van der Waals surface area contributed by atoms with Gasteiger partial charge < -0.3 is 9.88 Å². The van der Waals surface area contributed by atoms with Crippen LogP contribution in [0, 0.1) is 0 Å². The van der Waals surface area contributed by atoms with Crippen LogP contribution in [0.1, 0.15) is 19.4 Å². The third-order valence-electron chi connectivity index (χ3n) is 2.99. The Morgan fingerprint density at radius 2 is 2.21 bits per heavy atom. The summed E-state index contributed by atoms with van der Waals surface area (Å²) >= 11 is 1.98. The molecule has 3 nitrogen and oxygen atoms in total. The predicted octanol–water partition coefficient (Wildman–Crippen LogP) is 3.10. The first-order valence-electron chi connectivity index (χ1n) is 6.68. The fourth-order valence-corrected chi connectivity index (χ4v) is 2.66. The molecule has 1 aromatic heterocycles. The summed E-state index contributed by atoms with van der Waals surface area (Å²) < 4.78 is 2.06. The molecule has 1 atom stereocenters. The number of hydrogen-bond donors (Lipinski definition) is 1. The molecule has 0 bridgehead atoms. The van der Waals surface area contributed by atoms with Crippen molar-refractivity contribution in [3.05, 3.63) is 48.5 Å². The van der Waals surface area contributed by atoms with E-state index in [4.69, 9.17) is 0 Å². The summed E-state index contributed by atoms with van der Waals surface area (Å²) in [6.07, 6.45) is 5.63. The molecule has 0 aliphatic heterocycles. The third-order valence-corrected chi connectivity index (χ3v) is 4.13. The third kappa shape index (κ3) is 4.11. The molecule has 0 saturated heterocycles. The maximum atomic E-state index is 4.11. The molecule has 0 amide bonds. The second-order valence-corrected chi connectivity index (χ2v) is 5.86. The molecule has 0 aliphatic carbocycles. The van der Waals surface area contributed by atoms with Crippen molar-refractivity contribution < 1.29 is 0 Å². The van der Waals surface area contributed by atoms with E-state index in [9.17, 15) is 0 Å². The number of nitrogens with one attached hydrogen (secondary N) is 1. The molecule has 0 saturated carbocycles. The lowest BCUT2D eigenvalue weighted by Crippen LogP contribution is -2.28. The second kappa shape index (κ2) is 7.36. The van der Waals surface area contributed by atoms with Gasteiger partial charge in [-0.2, -0.15) is 11.8 Å². The Kier molecular flexibility index (Phi) is 5.48. The minimum Gasteiger partial charge on any atom is -0.309 e. The monoisotopic (exact) mass is 275 g/mol. The lowest BCUT2D eigenvalue weighted by molar-refractivity contribution is 0.594. The fraction of sp³-hybridized carbons (Fsp3) is 0.400. The minimum absolute atomic E-state index is 0.529. The van der Waals surface area contributed by atoms with E-state index in [1.54, 1.807) is 0 Å². The zero-order valence-corrected chi connectivity index (χ0v) is 12.4. The maximum absolute atomic E-state index is 4.11. The summed E-state index contributed by atoms with van der Waals surface area (Å²) in [5, 5.41) is 3.58. The predicted molar refractivity (Wildman–Crippen MR) is 82.9 cm³/mol. The molecule has 4 heteroatoms. The highest BCUT2D eigenvalue weighted by Gasteiger charge is 2.05. The van der Waals surface area contributed by atoms with Gasteiger partial charge in [0.2, 0.25) is 0 Å². The molecule has 102 valence electrons. The van der Waals surface area contributed by atoms with E-state index in [-0.39, 0.29) is 0 Å². The highest BCUT2D eigenvalue weighted by atomic mass is 32.2. The summed E-state index contributed by atoms with van der Waals surface area (Å²) in [5.41, 5.74) is 2.50. The minimum atomic E-state index is 0.529. The van der Waals surface area contributed by atoms with Crippen molar-refractivity contribution in [2.24, 2.45) is 0 Å².